The summed E-state index contributed by atoms with van der Waals surface area (Å²) in [5.74, 6) is 1.00. The second-order valence-electron chi connectivity index (χ2n) is 4.90. The molecule has 0 atom stereocenters. The molecule has 2 heterocycles. The van der Waals surface area contributed by atoms with Crippen molar-refractivity contribution in [2.24, 2.45) is 0 Å². The van der Waals surface area contributed by atoms with Gasteiger partial charge in [0.15, 0.2) is 0 Å². The minimum atomic E-state index is -0.780. The summed E-state index contributed by atoms with van der Waals surface area (Å²) < 4.78 is 5.23. The predicted molar refractivity (Wildman–Crippen MR) is 72.1 cm³/mol. The van der Waals surface area contributed by atoms with Gasteiger partial charge in [-0.15, -0.1) is 0 Å². The number of nitrogens with zero attached hydrogens (tertiary/aromatic N) is 4. The Bertz CT molecular complexity index is 433. The van der Waals surface area contributed by atoms with Crippen molar-refractivity contribution in [1.29, 1.82) is 0 Å². The van der Waals surface area contributed by atoms with Crippen molar-refractivity contribution in [2.75, 3.05) is 49.8 Å². The van der Waals surface area contributed by atoms with Crippen molar-refractivity contribution < 1.29 is 9.84 Å². The highest BCUT2D eigenvalue weighted by molar-refractivity contribution is 5.40. The van der Waals surface area contributed by atoms with Gasteiger partial charge in [0.05, 0.1) is 5.60 Å². The zero-order chi connectivity index (χ0) is 13.9. The fraction of sp³-hybridized carbons (Fsp3) is 0.727. The third kappa shape index (κ3) is 3.65. The molecule has 1 fully saturated rings. The first-order valence-corrected chi connectivity index (χ1v) is 6.21. The fourth-order valence-corrected chi connectivity index (χ4v) is 1.83. The summed E-state index contributed by atoms with van der Waals surface area (Å²) in [6.45, 7) is 1.51. The number of nitrogens with two attached hydrogens (primary N) is 1. The van der Waals surface area contributed by atoms with Crippen molar-refractivity contribution in [3.05, 3.63) is 0 Å². The second-order valence-corrected chi connectivity index (χ2v) is 4.90. The van der Waals surface area contributed by atoms with E-state index in [2.05, 4.69) is 20.3 Å². The van der Waals surface area contributed by atoms with Crippen LogP contribution >= 0.6 is 0 Å². The van der Waals surface area contributed by atoms with Crippen LogP contribution in [0.5, 0.6) is 0 Å². The molecule has 0 aliphatic carbocycles. The Morgan fingerprint density at radius 2 is 2.00 bits per heavy atom. The Labute approximate surface area is 112 Å². The molecule has 8 heteroatoms. The second kappa shape index (κ2) is 5.54. The van der Waals surface area contributed by atoms with Gasteiger partial charge in [0.1, 0.15) is 0 Å². The van der Waals surface area contributed by atoms with Crippen molar-refractivity contribution in [3.63, 3.8) is 0 Å². The number of aliphatic hydroxyl groups is 1. The Hall–Kier alpha value is -1.67. The smallest absolute Gasteiger partial charge is 0.231 e. The van der Waals surface area contributed by atoms with Crippen LogP contribution in [-0.2, 0) is 4.74 Å². The molecule has 0 spiro atoms. The number of anilines is 3. The van der Waals surface area contributed by atoms with Gasteiger partial charge in [-0.25, -0.2) is 0 Å². The summed E-state index contributed by atoms with van der Waals surface area (Å²) in [5, 5.41) is 13.3. The molecule has 0 saturated carbocycles. The van der Waals surface area contributed by atoms with Crippen LogP contribution < -0.4 is 16.0 Å². The molecule has 0 aromatic carbocycles. The maximum absolute atomic E-state index is 10.3. The van der Waals surface area contributed by atoms with E-state index in [0.717, 1.165) is 0 Å². The van der Waals surface area contributed by atoms with Crippen LogP contribution in [0.3, 0.4) is 0 Å². The van der Waals surface area contributed by atoms with E-state index < -0.39 is 5.60 Å². The van der Waals surface area contributed by atoms with Crippen molar-refractivity contribution in [1.82, 2.24) is 15.0 Å². The van der Waals surface area contributed by atoms with E-state index in [0.29, 0.717) is 44.5 Å². The minimum absolute atomic E-state index is 0.153. The van der Waals surface area contributed by atoms with Crippen LogP contribution in [-0.4, -0.2) is 59.5 Å². The van der Waals surface area contributed by atoms with E-state index >= 15 is 0 Å². The molecule has 19 heavy (non-hydrogen) atoms. The molecule has 0 bridgehead atoms. The number of nitrogen functional groups attached to an aromatic ring is 1. The first kappa shape index (κ1) is 13.8. The standard InChI is InChI=1S/C11H20N6O2/c1-17(2)10-15-8(12)14-9(16-10)13-7-11(18)3-5-19-6-4-11/h18H,3-7H2,1-2H3,(H3,12,13,14,15,16). The lowest BCUT2D eigenvalue weighted by Gasteiger charge is -2.32. The summed E-state index contributed by atoms with van der Waals surface area (Å²) >= 11 is 0. The third-order valence-electron chi connectivity index (χ3n) is 3.04. The number of hydrogen-bond donors (Lipinski definition) is 3. The van der Waals surface area contributed by atoms with E-state index in [1.165, 1.54) is 0 Å². The summed E-state index contributed by atoms with van der Waals surface area (Å²) in [5.41, 5.74) is 4.85. The molecular formula is C11H20N6O2. The quantitative estimate of drug-likeness (QED) is 0.669. The molecule has 106 valence electrons. The summed E-state index contributed by atoms with van der Waals surface area (Å²) in [7, 11) is 3.65. The van der Waals surface area contributed by atoms with Gasteiger partial charge in [0.25, 0.3) is 0 Å². The third-order valence-corrected chi connectivity index (χ3v) is 3.04. The van der Waals surface area contributed by atoms with Gasteiger partial charge < -0.3 is 25.8 Å². The average molecular weight is 268 g/mol. The molecule has 8 nitrogen and oxygen atoms in total. The first-order valence-electron chi connectivity index (χ1n) is 6.21. The Morgan fingerprint density at radius 3 is 2.63 bits per heavy atom. The predicted octanol–water partition coefficient (Wildman–Crippen LogP) is -0.527. The van der Waals surface area contributed by atoms with Gasteiger partial charge >= 0.3 is 0 Å². The van der Waals surface area contributed by atoms with Crippen LogP contribution in [0, 0.1) is 0 Å². The molecule has 4 N–H and O–H groups in total. The van der Waals surface area contributed by atoms with Crippen LogP contribution in [0.15, 0.2) is 0 Å². The molecule has 0 unspecified atom stereocenters. The summed E-state index contributed by atoms with van der Waals surface area (Å²) in [4.78, 5) is 14.0. The number of ether oxygens (including phenoxy) is 1. The molecule has 1 saturated heterocycles. The van der Waals surface area contributed by atoms with Crippen LogP contribution in [0.4, 0.5) is 17.8 Å². The van der Waals surface area contributed by atoms with Crippen molar-refractivity contribution >= 4 is 17.8 Å². The molecular weight excluding hydrogens is 248 g/mol. The van der Waals surface area contributed by atoms with E-state index in [9.17, 15) is 5.11 Å². The number of hydrogen-bond acceptors (Lipinski definition) is 8. The van der Waals surface area contributed by atoms with E-state index in [1.54, 1.807) is 4.90 Å². The topological polar surface area (TPSA) is 109 Å². The highest BCUT2D eigenvalue weighted by Crippen LogP contribution is 2.20. The summed E-state index contributed by atoms with van der Waals surface area (Å²) in [6, 6.07) is 0. The van der Waals surface area contributed by atoms with Gasteiger partial charge in [0, 0.05) is 46.7 Å². The number of nitrogens with one attached hydrogen (secondary N) is 1. The van der Waals surface area contributed by atoms with Gasteiger partial charge in [0.2, 0.25) is 17.8 Å². The highest BCUT2D eigenvalue weighted by atomic mass is 16.5. The fourth-order valence-electron chi connectivity index (χ4n) is 1.83. The van der Waals surface area contributed by atoms with E-state index in [1.807, 2.05) is 14.1 Å². The zero-order valence-corrected chi connectivity index (χ0v) is 11.3. The Morgan fingerprint density at radius 1 is 1.32 bits per heavy atom. The van der Waals surface area contributed by atoms with E-state index in [4.69, 9.17) is 10.5 Å². The van der Waals surface area contributed by atoms with Crippen LogP contribution in [0.25, 0.3) is 0 Å². The summed E-state index contributed by atoms with van der Waals surface area (Å²) in [6.07, 6.45) is 1.20. The van der Waals surface area contributed by atoms with E-state index in [-0.39, 0.29) is 5.95 Å². The molecule has 1 aromatic heterocycles. The number of aromatic nitrogens is 3. The largest absolute Gasteiger partial charge is 0.388 e. The lowest BCUT2D eigenvalue weighted by atomic mass is 9.94. The average Bonchev–Trinajstić information content (AvgIpc) is 2.37. The van der Waals surface area contributed by atoms with Gasteiger partial charge in [-0.05, 0) is 0 Å². The first-order chi connectivity index (χ1) is 8.98. The molecule has 0 radical (unpaired) electrons. The lowest BCUT2D eigenvalue weighted by molar-refractivity contribution is -0.0544. The molecule has 1 aromatic rings. The van der Waals surface area contributed by atoms with Crippen LogP contribution in [0.1, 0.15) is 12.8 Å². The SMILES string of the molecule is CN(C)c1nc(N)nc(NCC2(O)CCOCC2)n1. The van der Waals surface area contributed by atoms with Crippen molar-refractivity contribution in [3.8, 4) is 0 Å². The maximum atomic E-state index is 10.3. The lowest BCUT2D eigenvalue weighted by Crippen LogP contribution is -2.42. The normalized spacial score (nSPS) is 18.1. The van der Waals surface area contributed by atoms with Gasteiger partial charge in [-0.3, -0.25) is 0 Å². The Balaban J connectivity index is 2.02. The van der Waals surface area contributed by atoms with Crippen molar-refractivity contribution in [2.45, 2.75) is 18.4 Å². The monoisotopic (exact) mass is 268 g/mol. The molecule has 0 amide bonds. The highest BCUT2D eigenvalue weighted by Gasteiger charge is 2.29. The minimum Gasteiger partial charge on any atom is -0.388 e. The zero-order valence-electron chi connectivity index (χ0n) is 11.3. The molecule has 1 aliphatic heterocycles. The maximum Gasteiger partial charge on any atom is 0.231 e. The van der Waals surface area contributed by atoms with Gasteiger partial charge in [-0.2, -0.15) is 15.0 Å². The van der Waals surface area contributed by atoms with Gasteiger partial charge in [-0.1, -0.05) is 0 Å². The molecule has 1 aliphatic rings. The Kier molecular flexibility index (Phi) is 4.01. The molecule has 2 rings (SSSR count). The number of rotatable bonds is 4. The van der Waals surface area contributed by atoms with Crippen LogP contribution in [0.2, 0.25) is 0 Å².